The number of benzene rings is 2. The average molecular weight is 538 g/mol. The fourth-order valence-electron chi connectivity index (χ4n) is 3.87. The largest absolute Gasteiger partial charge is 0.463 e. The highest BCUT2D eigenvalue weighted by Crippen LogP contribution is 2.29. The molecule has 0 spiro atoms. The summed E-state index contributed by atoms with van der Waals surface area (Å²) < 4.78 is 55.7. The molecule has 200 valence electrons. The highest BCUT2D eigenvalue weighted by atomic mass is 32.2. The first kappa shape index (κ1) is 28.0. The molecule has 1 heterocycles. The van der Waals surface area contributed by atoms with Crippen LogP contribution in [0.15, 0.2) is 47.4 Å². The molecule has 2 aromatic rings. The van der Waals surface area contributed by atoms with Crippen LogP contribution in [0, 0.1) is 0 Å². The van der Waals surface area contributed by atoms with Gasteiger partial charge in [0.25, 0.3) is 0 Å². The van der Waals surface area contributed by atoms with Gasteiger partial charge in [-0.15, -0.1) is 0 Å². The normalized spacial score (nSPS) is 23.6. The van der Waals surface area contributed by atoms with Gasteiger partial charge in [-0.3, -0.25) is 19.2 Å². The van der Waals surface area contributed by atoms with E-state index in [-0.39, 0.29) is 4.90 Å². The van der Waals surface area contributed by atoms with E-state index in [1.165, 1.54) is 12.1 Å². The molecule has 1 saturated heterocycles. The maximum Gasteiger partial charge on any atom is 0.304 e. The summed E-state index contributed by atoms with van der Waals surface area (Å²) in [6.07, 6.45) is -5.83. The molecule has 0 bridgehead atoms. The number of carbonyl (C=O) groups is 4. The molecule has 0 unspecified atom stereocenters. The molecule has 1 fully saturated rings. The van der Waals surface area contributed by atoms with Crippen molar-refractivity contribution < 1.29 is 51.3 Å². The highest BCUT2D eigenvalue weighted by Gasteiger charge is 2.53. The smallest absolute Gasteiger partial charge is 0.304 e. The van der Waals surface area contributed by atoms with Gasteiger partial charge in [0, 0.05) is 27.7 Å². The third kappa shape index (κ3) is 7.24. The lowest BCUT2D eigenvalue weighted by Gasteiger charge is -2.44. The third-order valence-electron chi connectivity index (χ3n) is 5.31. The minimum absolute atomic E-state index is 0.125. The minimum atomic E-state index is -4.32. The number of esters is 4. The molecule has 3 rings (SSSR count). The summed E-state index contributed by atoms with van der Waals surface area (Å²) >= 11 is 0. The van der Waals surface area contributed by atoms with Crippen molar-refractivity contribution in [1.29, 1.82) is 0 Å². The minimum Gasteiger partial charge on any atom is -0.463 e. The first-order chi connectivity index (χ1) is 17.4. The van der Waals surface area contributed by atoms with E-state index < -0.39 is 71.2 Å². The molecule has 1 aliphatic heterocycles. The number of ether oxygens (including phenoxy) is 5. The summed E-state index contributed by atoms with van der Waals surface area (Å²) in [5.41, 5.74) is 0. The van der Waals surface area contributed by atoms with Crippen molar-refractivity contribution in [2.24, 2.45) is 0 Å². The first-order valence-corrected chi connectivity index (χ1v) is 12.7. The molecular formula is C24H27NO11S. The molecule has 1 N–H and O–H groups in total. The summed E-state index contributed by atoms with van der Waals surface area (Å²) in [6.45, 7) is 3.89. The molecule has 5 atom stereocenters. The van der Waals surface area contributed by atoms with Gasteiger partial charge in [-0.1, -0.05) is 30.3 Å². The SMILES string of the molecule is CC(=O)OC[C@H]1O[C@@H](OC(C)=O)[C@H](NS(=O)(=O)c2ccc3ccccc3c2)[C@@H](OC(C)=O)[C@@H]1OC(C)=O. The third-order valence-corrected chi connectivity index (χ3v) is 6.76. The van der Waals surface area contributed by atoms with Crippen LogP contribution in [0.3, 0.4) is 0 Å². The zero-order valence-electron chi connectivity index (χ0n) is 20.5. The van der Waals surface area contributed by atoms with E-state index in [0.29, 0.717) is 5.39 Å². The zero-order valence-corrected chi connectivity index (χ0v) is 21.4. The van der Waals surface area contributed by atoms with E-state index in [2.05, 4.69) is 4.72 Å². The van der Waals surface area contributed by atoms with Gasteiger partial charge in [0.2, 0.25) is 16.3 Å². The number of sulfonamides is 1. The van der Waals surface area contributed by atoms with E-state index in [9.17, 15) is 27.6 Å². The van der Waals surface area contributed by atoms with E-state index in [0.717, 1.165) is 33.1 Å². The Kier molecular flexibility index (Phi) is 8.84. The van der Waals surface area contributed by atoms with Gasteiger partial charge in [0.1, 0.15) is 18.8 Å². The van der Waals surface area contributed by atoms with Crippen LogP contribution in [-0.2, 0) is 52.9 Å². The average Bonchev–Trinajstić information content (AvgIpc) is 2.80. The lowest BCUT2D eigenvalue weighted by atomic mass is 9.97. The van der Waals surface area contributed by atoms with Crippen molar-refractivity contribution in [3.05, 3.63) is 42.5 Å². The molecule has 12 nitrogen and oxygen atoms in total. The van der Waals surface area contributed by atoms with Crippen molar-refractivity contribution >= 4 is 44.7 Å². The van der Waals surface area contributed by atoms with Gasteiger partial charge in [0.15, 0.2) is 12.2 Å². The number of carbonyl (C=O) groups excluding carboxylic acids is 4. The summed E-state index contributed by atoms with van der Waals surface area (Å²) in [6, 6.07) is 10.0. The number of hydrogen-bond acceptors (Lipinski definition) is 11. The predicted molar refractivity (Wildman–Crippen MR) is 126 cm³/mol. The number of nitrogens with one attached hydrogen (secondary N) is 1. The van der Waals surface area contributed by atoms with E-state index >= 15 is 0 Å². The Morgan fingerprint density at radius 2 is 1.41 bits per heavy atom. The second-order valence-corrected chi connectivity index (χ2v) is 9.97. The molecule has 37 heavy (non-hydrogen) atoms. The Morgan fingerprint density at radius 1 is 0.811 bits per heavy atom. The molecule has 0 saturated carbocycles. The van der Waals surface area contributed by atoms with E-state index in [4.69, 9.17) is 23.7 Å². The maximum absolute atomic E-state index is 13.4. The lowest BCUT2D eigenvalue weighted by Crippen LogP contribution is -2.66. The summed E-state index contributed by atoms with van der Waals surface area (Å²) in [5, 5.41) is 1.46. The van der Waals surface area contributed by atoms with Crippen molar-refractivity contribution in [1.82, 2.24) is 4.72 Å². The summed E-state index contributed by atoms with van der Waals surface area (Å²) in [7, 11) is -4.32. The standard InChI is InChI=1S/C24H27NO11S/c1-13(26)32-12-20-22(33-14(2)27)23(34-15(3)28)21(24(36-20)35-16(4)29)25-37(30,31)19-10-9-17-7-5-6-8-18(17)11-19/h5-11,20-25H,12H2,1-4H3/t20-,21-,22-,23-,24-/m1/s1. The second-order valence-electron chi connectivity index (χ2n) is 8.26. The van der Waals surface area contributed by atoms with Gasteiger partial charge < -0.3 is 23.7 Å². The second kappa shape index (κ2) is 11.7. The van der Waals surface area contributed by atoms with Crippen molar-refractivity contribution in [3.63, 3.8) is 0 Å². The predicted octanol–water partition coefficient (Wildman–Crippen LogP) is 1.20. The van der Waals surface area contributed by atoms with Crippen LogP contribution in [0.2, 0.25) is 0 Å². The van der Waals surface area contributed by atoms with Crippen LogP contribution in [0.5, 0.6) is 0 Å². The number of fused-ring (bicyclic) bond motifs is 1. The molecule has 2 aromatic carbocycles. The summed E-state index contributed by atoms with van der Waals surface area (Å²) in [4.78, 5) is 47.0. The summed E-state index contributed by atoms with van der Waals surface area (Å²) in [5.74, 6) is -3.16. The van der Waals surface area contributed by atoms with E-state index in [1.807, 2.05) is 12.1 Å². The Hall–Kier alpha value is -3.55. The molecule has 0 amide bonds. The molecule has 1 aliphatic rings. The molecule has 0 aliphatic carbocycles. The lowest BCUT2D eigenvalue weighted by molar-refractivity contribution is -0.269. The monoisotopic (exact) mass is 537 g/mol. The van der Waals surface area contributed by atoms with Crippen LogP contribution in [-0.4, -0.2) is 69.5 Å². The molecule has 0 aromatic heterocycles. The van der Waals surface area contributed by atoms with Crippen molar-refractivity contribution in [3.8, 4) is 0 Å². The van der Waals surface area contributed by atoms with Crippen LogP contribution < -0.4 is 4.72 Å². The zero-order chi connectivity index (χ0) is 27.3. The Bertz CT molecular complexity index is 1290. The van der Waals surface area contributed by atoms with Gasteiger partial charge in [-0.25, -0.2) is 8.42 Å². The van der Waals surface area contributed by atoms with E-state index in [1.54, 1.807) is 18.2 Å². The fraction of sp³-hybridized carbons (Fsp3) is 0.417. The van der Waals surface area contributed by atoms with Gasteiger partial charge in [-0.2, -0.15) is 4.72 Å². The van der Waals surface area contributed by atoms with Crippen molar-refractivity contribution in [2.45, 2.75) is 63.2 Å². The van der Waals surface area contributed by atoms with Crippen LogP contribution in [0.25, 0.3) is 10.8 Å². The first-order valence-electron chi connectivity index (χ1n) is 11.2. The van der Waals surface area contributed by atoms with Gasteiger partial charge in [-0.05, 0) is 22.9 Å². The highest BCUT2D eigenvalue weighted by molar-refractivity contribution is 7.89. The fourth-order valence-corrected chi connectivity index (χ4v) is 5.14. The van der Waals surface area contributed by atoms with Gasteiger partial charge in [0.05, 0.1) is 4.90 Å². The molecule has 13 heteroatoms. The molecular weight excluding hydrogens is 510 g/mol. The maximum atomic E-state index is 13.4. The van der Waals surface area contributed by atoms with Crippen molar-refractivity contribution in [2.75, 3.05) is 6.61 Å². The van der Waals surface area contributed by atoms with Crippen LogP contribution in [0.1, 0.15) is 27.7 Å². The topological polar surface area (TPSA) is 161 Å². The number of hydrogen-bond donors (Lipinski definition) is 1. The Labute approximate surface area is 213 Å². The van der Waals surface area contributed by atoms with Gasteiger partial charge >= 0.3 is 23.9 Å². The molecule has 0 radical (unpaired) electrons. The number of rotatable bonds is 8. The Balaban J connectivity index is 2.04. The Morgan fingerprint density at radius 3 is 2.00 bits per heavy atom. The van der Waals surface area contributed by atoms with Crippen LogP contribution >= 0.6 is 0 Å². The quantitative estimate of drug-likeness (QED) is 0.381. The van der Waals surface area contributed by atoms with Crippen LogP contribution in [0.4, 0.5) is 0 Å².